The van der Waals surface area contributed by atoms with Crippen molar-refractivity contribution < 1.29 is 9.47 Å². The van der Waals surface area contributed by atoms with Crippen molar-refractivity contribution in [2.24, 2.45) is 4.99 Å². The Bertz CT molecular complexity index is 520. The molecule has 2 N–H and O–H groups in total. The SMILES string of the molecule is CCCCNC(=NCc1cccc(COC2CCOCC2)c1)NCC.I. The second-order valence-electron chi connectivity index (χ2n) is 6.42. The molecule has 1 saturated heterocycles. The summed E-state index contributed by atoms with van der Waals surface area (Å²) in [5.41, 5.74) is 2.42. The summed E-state index contributed by atoms with van der Waals surface area (Å²) in [6.07, 6.45) is 4.67. The molecule has 0 amide bonds. The first-order chi connectivity index (χ1) is 12.3. The van der Waals surface area contributed by atoms with Crippen molar-refractivity contribution in [3.05, 3.63) is 35.4 Å². The van der Waals surface area contributed by atoms with Crippen LogP contribution in [0.1, 0.15) is 50.7 Å². The van der Waals surface area contributed by atoms with E-state index in [4.69, 9.17) is 9.47 Å². The van der Waals surface area contributed by atoms with E-state index in [1.165, 1.54) is 17.5 Å². The molecule has 26 heavy (non-hydrogen) atoms. The highest BCUT2D eigenvalue weighted by atomic mass is 127. The Morgan fingerprint density at radius 3 is 2.69 bits per heavy atom. The van der Waals surface area contributed by atoms with Crippen molar-refractivity contribution in [3.8, 4) is 0 Å². The second kappa shape index (κ2) is 14.2. The van der Waals surface area contributed by atoms with Crippen LogP contribution in [0.15, 0.2) is 29.3 Å². The molecule has 6 heteroatoms. The maximum Gasteiger partial charge on any atom is 0.191 e. The lowest BCUT2D eigenvalue weighted by Gasteiger charge is -2.22. The van der Waals surface area contributed by atoms with Gasteiger partial charge in [-0.05, 0) is 37.3 Å². The minimum atomic E-state index is 0. The molecule has 1 heterocycles. The number of unbranched alkanes of at least 4 members (excludes halogenated alkanes) is 1. The van der Waals surface area contributed by atoms with Crippen LogP contribution in [0.3, 0.4) is 0 Å². The predicted molar refractivity (Wildman–Crippen MR) is 118 cm³/mol. The Labute approximate surface area is 175 Å². The van der Waals surface area contributed by atoms with Gasteiger partial charge >= 0.3 is 0 Å². The molecule has 0 saturated carbocycles. The first-order valence-corrected chi connectivity index (χ1v) is 9.61. The normalized spacial score (nSPS) is 15.4. The van der Waals surface area contributed by atoms with Gasteiger partial charge in [0.2, 0.25) is 0 Å². The standard InChI is InChI=1S/C20H33N3O2.HI/c1-3-5-11-22-20(21-4-2)23-15-17-7-6-8-18(14-17)16-25-19-9-12-24-13-10-19;/h6-8,14,19H,3-5,9-13,15-16H2,1-2H3,(H2,21,22,23);1H. The van der Waals surface area contributed by atoms with Crippen LogP contribution in [0.5, 0.6) is 0 Å². The third kappa shape index (κ3) is 9.19. The highest BCUT2D eigenvalue weighted by Gasteiger charge is 2.13. The van der Waals surface area contributed by atoms with Crippen molar-refractivity contribution >= 4 is 29.9 Å². The molecule has 5 nitrogen and oxygen atoms in total. The van der Waals surface area contributed by atoms with Crippen LogP contribution in [-0.4, -0.2) is 38.4 Å². The number of rotatable bonds is 9. The molecular formula is C20H34IN3O2. The fourth-order valence-corrected chi connectivity index (χ4v) is 2.77. The van der Waals surface area contributed by atoms with Gasteiger partial charge in [0.25, 0.3) is 0 Å². The smallest absolute Gasteiger partial charge is 0.191 e. The molecule has 0 unspecified atom stereocenters. The summed E-state index contributed by atoms with van der Waals surface area (Å²) in [6.45, 7) is 9.09. The number of halogens is 1. The van der Waals surface area contributed by atoms with Gasteiger partial charge in [0.15, 0.2) is 5.96 Å². The topological polar surface area (TPSA) is 54.9 Å². The fourth-order valence-electron chi connectivity index (χ4n) is 2.77. The van der Waals surface area contributed by atoms with Gasteiger partial charge in [-0.3, -0.25) is 0 Å². The summed E-state index contributed by atoms with van der Waals surface area (Å²) in [5, 5.41) is 6.67. The number of hydrogen-bond acceptors (Lipinski definition) is 3. The van der Waals surface area contributed by atoms with Gasteiger partial charge in [0, 0.05) is 26.3 Å². The lowest BCUT2D eigenvalue weighted by atomic mass is 10.1. The van der Waals surface area contributed by atoms with Crippen molar-refractivity contribution in [3.63, 3.8) is 0 Å². The van der Waals surface area contributed by atoms with E-state index < -0.39 is 0 Å². The van der Waals surface area contributed by atoms with Gasteiger partial charge in [0.1, 0.15) is 0 Å². The summed E-state index contributed by atoms with van der Waals surface area (Å²) >= 11 is 0. The third-order valence-corrected chi connectivity index (χ3v) is 4.23. The van der Waals surface area contributed by atoms with Crippen LogP contribution >= 0.6 is 24.0 Å². The van der Waals surface area contributed by atoms with Crippen LogP contribution < -0.4 is 10.6 Å². The van der Waals surface area contributed by atoms with Gasteiger partial charge in [-0.15, -0.1) is 24.0 Å². The molecule has 0 spiro atoms. The van der Waals surface area contributed by atoms with E-state index in [9.17, 15) is 0 Å². The summed E-state index contributed by atoms with van der Waals surface area (Å²) in [6, 6.07) is 8.53. The van der Waals surface area contributed by atoms with Crippen LogP contribution in [0.25, 0.3) is 0 Å². The first kappa shape index (κ1) is 23.2. The molecule has 148 valence electrons. The van der Waals surface area contributed by atoms with Crippen molar-refractivity contribution in [2.45, 2.75) is 58.8 Å². The largest absolute Gasteiger partial charge is 0.381 e. The van der Waals surface area contributed by atoms with Gasteiger partial charge in [-0.1, -0.05) is 37.6 Å². The fraction of sp³-hybridized carbons (Fsp3) is 0.650. The summed E-state index contributed by atoms with van der Waals surface area (Å²) in [4.78, 5) is 4.68. The Hall–Kier alpha value is -0.860. The Kier molecular flexibility index (Phi) is 12.7. The molecule has 1 aromatic rings. The quantitative estimate of drug-likeness (QED) is 0.247. The summed E-state index contributed by atoms with van der Waals surface area (Å²) < 4.78 is 11.4. The van der Waals surface area contributed by atoms with E-state index in [1.807, 2.05) is 0 Å². The zero-order valence-electron chi connectivity index (χ0n) is 16.1. The maximum absolute atomic E-state index is 6.01. The van der Waals surface area contributed by atoms with E-state index in [2.05, 4.69) is 53.7 Å². The zero-order valence-corrected chi connectivity index (χ0v) is 18.5. The first-order valence-electron chi connectivity index (χ1n) is 9.61. The average molecular weight is 475 g/mol. The zero-order chi connectivity index (χ0) is 17.7. The van der Waals surface area contributed by atoms with Crippen molar-refractivity contribution in [1.29, 1.82) is 0 Å². The molecule has 1 aliphatic rings. The highest BCUT2D eigenvalue weighted by Crippen LogP contribution is 2.14. The molecule has 1 aromatic carbocycles. The van der Waals surface area contributed by atoms with Crippen LogP contribution in [0.4, 0.5) is 0 Å². The van der Waals surface area contributed by atoms with Crippen LogP contribution in [0.2, 0.25) is 0 Å². The van der Waals surface area contributed by atoms with E-state index in [0.29, 0.717) is 19.3 Å². The molecule has 1 fully saturated rings. The van der Waals surface area contributed by atoms with Gasteiger partial charge < -0.3 is 20.1 Å². The lowest BCUT2D eigenvalue weighted by molar-refractivity contribution is -0.0390. The van der Waals surface area contributed by atoms with E-state index in [-0.39, 0.29) is 24.0 Å². The minimum Gasteiger partial charge on any atom is -0.381 e. The van der Waals surface area contributed by atoms with Gasteiger partial charge in [-0.25, -0.2) is 4.99 Å². The Morgan fingerprint density at radius 2 is 1.96 bits per heavy atom. The summed E-state index contributed by atoms with van der Waals surface area (Å²) in [7, 11) is 0. The third-order valence-electron chi connectivity index (χ3n) is 4.23. The number of hydrogen-bond donors (Lipinski definition) is 2. The van der Waals surface area contributed by atoms with E-state index >= 15 is 0 Å². The highest BCUT2D eigenvalue weighted by molar-refractivity contribution is 14.0. The van der Waals surface area contributed by atoms with Gasteiger partial charge in [0.05, 0.1) is 19.3 Å². The van der Waals surface area contributed by atoms with Crippen LogP contribution in [0, 0.1) is 0 Å². The molecule has 1 aliphatic heterocycles. The predicted octanol–water partition coefficient (Wildman–Crippen LogP) is 3.86. The molecule has 0 aliphatic carbocycles. The van der Waals surface area contributed by atoms with Crippen LogP contribution in [-0.2, 0) is 22.6 Å². The molecular weight excluding hydrogens is 441 g/mol. The Morgan fingerprint density at radius 1 is 1.19 bits per heavy atom. The number of nitrogens with zero attached hydrogens (tertiary/aromatic N) is 1. The molecule has 2 rings (SSSR count). The molecule has 0 atom stereocenters. The van der Waals surface area contributed by atoms with E-state index in [1.54, 1.807) is 0 Å². The average Bonchev–Trinajstić information content (AvgIpc) is 2.66. The van der Waals surface area contributed by atoms with E-state index in [0.717, 1.165) is 51.5 Å². The Balaban J connectivity index is 0.00000338. The number of nitrogens with one attached hydrogen (secondary N) is 2. The summed E-state index contributed by atoms with van der Waals surface area (Å²) in [5.74, 6) is 0.889. The molecule has 0 radical (unpaired) electrons. The maximum atomic E-state index is 6.01. The number of ether oxygens (including phenoxy) is 2. The minimum absolute atomic E-state index is 0. The van der Waals surface area contributed by atoms with Gasteiger partial charge in [-0.2, -0.15) is 0 Å². The molecule has 0 bridgehead atoms. The second-order valence-corrected chi connectivity index (χ2v) is 6.42. The lowest BCUT2D eigenvalue weighted by Crippen LogP contribution is -2.37. The number of benzene rings is 1. The van der Waals surface area contributed by atoms with Crippen molar-refractivity contribution in [2.75, 3.05) is 26.3 Å². The number of guanidine groups is 1. The number of aliphatic imine (C=N–C) groups is 1. The monoisotopic (exact) mass is 475 g/mol. The van der Waals surface area contributed by atoms with Crippen molar-refractivity contribution in [1.82, 2.24) is 10.6 Å². The molecule has 0 aromatic heterocycles.